The Balaban J connectivity index is 1.43. The number of sulfonamides is 1. The first-order valence-corrected chi connectivity index (χ1v) is 12.4. The summed E-state index contributed by atoms with van der Waals surface area (Å²) < 4.78 is 28.6. The number of carbonyl (C=O) groups is 1. The first-order valence-electron chi connectivity index (χ1n) is 10.9. The fraction of sp³-hybridized carbons (Fsp3) is 0.160. The van der Waals surface area contributed by atoms with Crippen LogP contribution in [0.5, 0.6) is 0 Å². The van der Waals surface area contributed by atoms with E-state index in [4.69, 9.17) is 5.11 Å². The van der Waals surface area contributed by atoms with Crippen LogP contribution in [0.25, 0.3) is 0 Å². The average molecular weight is 492 g/mol. The molecule has 3 N–H and O–H groups in total. The predicted molar refractivity (Wildman–Crippen MR) is 130 cm³/mol. The van der Waals surface area contributed by atoms with Gasteiger partial charge in [0.25, 0.3) is 15.7 Å². The lowest BCUT2D eigenvalue weighted by atomic mass is 9.77. The molecule has 0 aromatic heterocycles. The molecule has 3 atom stereocenters. The number of non-ortho nitro benzene ring substituents is 1. The maximum atomic E-state index is 13.1. The summed E-state index contributed by atoms with van der Waals surface area (Å²) >= 11 is 0. The van der Waals surface area contributed by atoms with Gasteiger partial charge in [-0.3, -0.25) is 14.8 Å². The van der Waals surface area contributed by atoms with Crippen LogP contribution in [-0.4, -0.2) is 24.4 Å². The number of nitrogens with one attached hydrogen (secondary N) is 2. The highest BCUT2D eigenvalue weighted by Gasteiger charge is 2.38. The van der Waals surface area contributed by atoms with Crippen LogP contribution in [0.2, 0.25) is 0 Å². The number of nitro groups is 1. The van der Waals surface area contributed by atoms with Crippen LogP contribution >= 0.6 is 0 Å². The molecule has 2 aliphatic rings. The fourth-order valence-corrected chi connectivity index (χ4v) is 5.86. The molecule has 0 amide bonds. The number of anilines is 2. The van der Waals surface area contributed by atoms with E-state index in [1.165, 1.54) is 42.5 Å². The van der Waals surface area contributed by atoms with Crippen LogP contribution in [0.1, 0.15) is 39.9 Å². The van der Waals surface area contributed by atoms with E-state index in [0.717, 1.165) is 23.2 Å². The fourth-order valence-electron chi connectivity index (χ4n) is 4.77. The van der Waals surface area contributed by atoms with Gasteiger partial charge in [-0.1, -0.05) is 24.3 Å². The molecule has 0 saturated carbocycles. The van der Waals surface area contributed by atoms with E-state index in [9.17, 15) is 23.3 Å². The molecule has 178 valence electrons. The van der Waals surface area contributed by atoms with Crippen LogP contribution in [0.4, 0.5) is 17.1 Å². The number of carboxylic acid groups (broad SMARTS) is 1. The summed E-state index contributed by atoms with van der Waals surface area (Å²) in [6.07, 6.45) is 4.95. The van der Waals surface area contributed by atoms with Gasteiger partial charge in [0.2, 0.25) is 0 Å². The largest absolute Gasteiger partial charge is 0.478 e. The topological polar surface area (TPSA) is 139 Å². The second kappa shape index (κ2) is 8.55. The average Bonchev–Trinajstić information content (AvgIpc) is 3.34. The summed E-state index contributed by atoms with van der Waals surface area (Å²) in [5.74, 6) is -0.956. The lowest BCUT2D eigenvalue weighted by Crippen LogP contribution is -2.29. The van der Waals surface area contributed by atoms with Crippen molar-refractivity contribution in [1.82, 2.24) is 0 Å². The Kier molecular flexibility index (Phi) is 5.52. The summed E-state index contributed by atoms with van der Waals surface area (Å²) in [4.78, 5) is 21.7. The molecule has 1 aliphatic heterocycles. The molecule has 0 saturated heterocycles. The third-order valence-corrected chi connectivity index (χ3v) is 7.87. The third-order valence-electron chi connectivity index (χ3n) is 6.49. The Bertz CT molecular complexity index is 1450. The highest BCUT2D eigenvalue weighted by Crippen LogP contribution is 2.50. The predicted octanol–water partition coefficient (Wildman–Crippen LogP) is 4.92. The number of fused-ring (bicyclic) bond motifs is 3. The second-order valence-electron chi connectivity index (χ2n) is 8.56. The van der Waals surface area contributed by atoms with E-state index >= 15 is 0 Å². The molecule has 1 heterocycles. The first kappa shape index (κ1) is 22.6. The maximum absolute atomic E-state index is 13.1. The molecular weight excluding hydrogens is 470 g/mol. The summed E-state index contributed by atoms with van der Waals surface area (Å²) in [5, 5.41) is 23.5. The van der Waals surface area contributed by atoms with E-state index in [0.29, 0.717) is 0 Å². The van der Waals surface area contributed by atoms with Gasteiger partial charge in [-0.15, -0.1) is 0 Å². The zero-order valence-electron chi connectivity index (χ0n) is 18.3. The minimum absolute atomic E-state index is 0.00329. The molecule has 0 fully saturated rings. The van der Waals surface area contributed by atoms with E-state index in [1.54, 1.807) is 24.3 Å². The van der Waals surface area contributed by atoms with Crippen molar-refractivity contribution in [2.45, 2.75) is 23.3 Å². The van der Waals surface area contributed by atoms with Gasteiger partial charge in [-0.25, -0.2) is 13.2 Å². The number of hydrogen-bond acceptors (Lipinski definition) is 6. The van der Waals surface area contributed by atoms with Crippen molar-refractivity contribution in [1.29, 1.82) is 0 Å². The molecule has 0 radical (unpaired) electrons. The molecule has 9 nitrogen and oxygen atoms in total. The molecule has 0 bridgehead atoms. The van der Waals surface area contributed by atoms with Crippen LogP contribution in [-0.2, 0) is 10.0 Å². The third kappa shape index (κ3) is 4.24. The molecule has 1 aliphatic carbocycles. The minimum atomic E-state index is -3.90. The van der Waals surface area contributed by atoms with Gasteiger partial charge < -0.3 is 10.4 Å². The quantitative estimate of drug-likeness (QED) is 0.253. The smallest absolute Gasteiger partial charge is 0.335 e. The van der Waals surface area contributed by atoms with Crippen molar-refractivity contribution in [2.24, 2.45) is 5.92 Å². The van der Waals surface area contributed by atoms with Crippen molar-refractivity contribution >= 4 is 33.1 Å². The Morgan fingerprint density at radius 3 is 2.43 bits per heavy atom. The number of carboxylic acids is 1. The van der Waals surface area contributed by atoms with Gasteiger partial charge in [0.15, 0.2) is 0 Å². The number of nitrogens with zero attached hydrogens (tertiary/aromatic N) is 1. The van der Waals surface area contributed by atoms with Gasteiger partial charge in [0.05, 0.1) is 21.4 Å². The number of hydrogen-bond donors (Lipinski definition) is 3. The molecule has 3 aromatic rings. The van der Waals surface area contributed by atoms with Crippen molar-refractivity contribution in [3.05, 3.63) is 106 Å². The van der Waals surface area contributed by atoms with E-state index in [-0.39, 0.29) is 39.7 Å². The van der Waals surface area contributed by atoms with Gasteiger partial charge in [-0.05, 0) is 65.9 Å². The maximum Gasteiger partial charge on any atom is 0.335 e. The van der Waals surface area contributed by atoms with E-state index in [2.05, 4.69) is 22.2 Å². The number of rotatable bonds is 6. The zero-order valence-corrected chi connectivity index (χ0v) is 19.1. The van der Waals surface area contributed by atoms with Crippen LogP contribution in [0, 0.1) is 16.0 Å². The second-order valence-corrected chi connectivity index (χ2v) is 10.2. The van der Waals surface area contributed by atoms with E-state index < -0.39 is 20.9 Å². The Hall–Kier alpha value is -4.18. The summed E-state index contributed by atoms with van der Waals surface area (Å²) in [5.41, 5.74) is 2.98. The number of benzene rings is 3. The van der Waals surface area contributed by atoms with Gasteiger partial charge >= 0.3 is 5.97 Å². The Labute approximate surface area is 201 Å². The summed E-state index contributed by atoms with van der Waals surface area (Å²) in [6.45, 7) is 0. The zero-order chi connectivity index (χ0) is 24.7. The molecule has 3 unspecified atom stereocenters. The van der Waals surface area contributed by atoms with Gasteiger partial charge in [0.1, 0.15) is 0 Å². The van der Waals surface area contributed by atoms with Crippen molar-refractivity contribution in [2.75, 3.05) is 10.0 Å². The van der Waals surface area contributed by atoms with Gasteiger partial charge in [0, 0.05) is 29.4 Å². The SMILES string of the molecule is O=C(O)c1ccc(NS(=O)(=O)c2ccc3c(c2)C2C=CCC2C(c2ccc([N+](=O)[O-])cc2)N3)cc1. The van der Waals surface area contributed by atoms with Crippen LogP contribution in [0.3, 0.4) is 0 Å². The number of nitro benzene ring substituents is 1. The standard InChI is InChI=1S/C25H21N3O6S/c29-25(30)16-4-8-17(9-5-16)27-35(33,34)19-12-13-23-22(14-19)20-2-1-3-21(20)24(26-23)15-6-10-18(11-7-15)28(31)32/h1-2,4-14,20-21,24,26-27H,3H2,(H,29,30). The molecule has 0 spiro atoms. The summed E-state index contributed by atoms with van der Waals surface area (Å²) in [6, 6.07) is 16.8. The molecule has 10 heteroatoms. The molecule has 35 heavy (non-hydrogen) atoms. The van der Waals surface area contributed by atoms with Crippen molar-refractivity contribution in [3.63, 3.8) is 0 Å². The van der Waals surface area contributed by atoms with Crippen LogP contribution in [0.15, 0.2) is 83.8 Å². The molecule has 3 aromatic carbocycles. The summed E-state index contributed by atoms with van der Waals surface area (Å²) in [7, 11) is -3.90. The van der Waals surface area contributed by atoms with E-state index in [1.807, 2.05) is 0 Å². The van der Waals surface area contributed by atoms with Gasteiger partial charge in [-0.2, -0.15) is 0 Å². The molecular formula is C25H21N3O6S. The van der Waals surface area contributed by atoms with Crippen LogP contribution < -0.4 is 10.0 Å². The lowest BCUT2D eigenvalue weighted by molar-refractivity contribution is -0.384. The van der Waals surface area contributed by atoms with Crippen molar-refractivity contribution < 1.29 is 23.2 Å². The highest BCUT2D eigenvalue weighted by atomic mass is 32.2. The number of allylic oxidation sites excluding steroid dienone is 2. The monoisotopic (exact) mass is 491 g/mol. The minimum Gasteiger partial charge on any atom is -0.478 e. The Morgan fingerprint density at radius 1 is 1.06 bits per heavy atom. The highest BCUT2D eigenvalue weighted by molar-refractivity contribution is 7.92. The Morgan fingerprint density at radius 2 is 1.77 bits per heavy atom. The molecule has 5 rings (SSSR count). The van der Waals surface area contributed by atoms with Crippen molar-refractivity contribution in [3.8, 4) is 0 Å². The normalized spacial score (nSPS) is 20.4. The first-order chi connectivity index (χ1) is 16.7. The number of aromatic carboxylic acids is 1. The lowest BCUT2D eigenvalue weighted by Gasteiger charge is -2.37.